The maximum atomic E-state index is 13.8. The molecule has 198 valence electrons. The molecule has 38 heavy (non-hydrogen) atoms. The molecule has 7 rings (SSSR count). The number of carbonyl (C=O) groups is 2. The summed E-state index contributed by atoms with van der Waals surface area (Å²) in [5.74, 6) is 0.361. The van der Waals surface area contributed by atoms with Gasteiger partial charge in [0.1, 0.15) is 34.0 Å². The van der Waals surface area contributed by atoms with Gasteiger partial charge in [-0.1, -0.05) is 18.0 Å². The number of amides is 2. The number of nitrogens with zero attached hydrogens (tertiary/aromatic N) is 4. The van der Waals surface area contributed by atoms with Crippen molar-refractivity contribution in [1.82, 2.24) is 24.8 Å². The van der Waals surface area contributed by atoms with Crippen LogP contribution in [-0.4, -0.2) is 50.4 Å². The molecule has 1 saturated heterocycles. The zero-order chi connectivity index (χ0) is 26.2. The van der Waals surface area contributed by atoms with Gasteiger partial charge >= 0.3 is 0 Å². The van der Waals surface area contributed by atoms with Crippen LogP contribution in [-0.2, 0) is 23.3 Å². The highest BCUT2D eigenvalue weighted by Gasteiger charge is 2.45. The maximum Gasteiger partial charge on any atom is 0.276 e. The lowest BCUT2D eigenvalue weighted by Gasteiger charge is -2.39. The minimum absolute atomic E-state index is 0.0516. The lowest BCUT2D eigenvalue weighted by molar-refractivity contribution is -0.140. The van der Waals surface area contributed by atoms with Crippen LogP contribution in [0.4, 0.5) is 11.5 Å². The molecule has 2 amide bonds. The van der Waals surface area contributed by atoms with Crippen molar-refractivity contribution in [2.45, 2.75) is 63.1 Å². The van der Waals surface area contributed by atoms with E-state index in [9.17, 15) is 14.4 Å². The second-order valence-corrected chi connectivity index (χ2v) is 12.4. The Balaban J connectivity index is 1.24. The minimum atomic E-state index is -0.729. The van der Waals surface area contributed by atoms with Crippen molar-refractivity contribution in [3.63, 3.8) is 0 Å². The predicted molar refractivity (Wildman–Crippen MR) is 145 cm³/mol. The van der Waals surface area contributed by atoms with Gasteiger partial charge in [0.05, 0.1) is 10.4 Å². The quantitative estimate of drug-likeness (QED) is 0.454. The molecule has 2 fully saturated rings. The molecule has 3 aromatic heterocycles. The van der Waals surface area contributed by atoms with Gasteiger partial charge in [-0.2, -0.15) is 0 Å². The Bertz CT molecular complexity index is 1550. The van der Waals surface area contributed by atoms with Crippen molar-refractivity contribution in [2.24, 2.45) is 11.7 Å². The monoisotopic (exact) mass is 553 g/mol. The smallest absolute Gasteiger partial charge is 0.276 e. The number of rotatable bonds is 3. The van der Waals surface area contributed by atoms with E-state index in [1.807, 2.05) is 4.90 Å². The van der Waals surface area contributed by atoms with E-state index in [0.717, 1.165) is 52.8 Å². The largest absolute Gasteiger partial charge is 0.339 e. The number of nitrogens with one attached hydrogen (secondary N) is 2. The Morgan fingerprint density at radius 3 is 2.76 bits per heavy atom. The number of likely N-dealkylation sites (tertiary alicyclic amines) is 1. The molecule has 10 nitrogen and oxygen atoms in total. The summed E-state index contributed by atoms with van der Waals surface area (Å²) in [4.78, 5) is 52.3. The Morgan fingerprint density at radius 1 is 1.21 bits per heavy atom. The van der Waals surface area contributed by atoms with Gasteiger partial charge in [-0.3, -0.25) is 19.0 Å². The van der Waals surface area contributed by atoms with E-state index in [4.69, 9.17) is 17.3 Å². The number of aromatic nitrogens is 3. The minimum Gasteiger partial charge on any atom is -0.339 e. The van der Waals surface area contributed by atoms with Gasteiger partial charge < -0.3 is 21.3 Å². The molecule has 0 radical (unpaired) electrons. The molecule has 3 aromatic rings. The third kappa shape index (κ3) is 3.59. The van der Waals surface area contributed by atoms with Crippen LogP contribution in [0.1, 0.15) is 59.5 Å². The fraction of sp³-hybridized carbons (Fsp3) is 0.500. The lowest BCUT2D eigenvalue weighted by atomic mass is 9.86. The average molecular weight is 554 g/mol. The highest BCUT2D eigenvalue weighted by atomic mass is 35.5. The topological polar surface area (TPSA) is 135 Å². The zero-order valence-electron chi connectivity index (χ0n) is 20.8. The molecule has 1 atom stereocenters. The van der Waals surface area contributed by atoms with Gasteiger partial charge in [0.15, 0.2) is 0 Å². The summed E-state index contributed by atoms with van der Waals surface area (Å²) in [6.07, 6.45) is 7.98. The lowest BCUT2D eigenvalue weighted by Crippen LogP contribution is -2.59. The summed E-state index contributed by atoms with van der Waals surface area (Å²) in [7, 11) is 0. The van der Waals surface area contributed by atoms with Gasteiger partial charge in [0.25, 0.3) is 11.5 Å². The Labute approximate surface area is 227 Å². The Kier molecular flexibility index (Phi) is 5.54. The van der Waals surface area contributed by atoms with Crippen LogP contribution in [0.15, 0.2) is 17.2 Å². The summed E-state index contributed by atoms with van der Waals surface area (Å²) in [6.45, 7) is 1.27. The van der Waals surface area contributed by atoms with Gasteiger partial charge in [-0.05, 0) is 56.6 Å². The third-order valence-corrected chi connectivity index (χ3v) is 9.94. The first-order chi connectivity index (χ1) is 18.3. The van der Waals surface area contributed by atoms with Crippen LogP contribution >= 0.6 is 22.9 Å². The zero-order valence-corrected chi connectivity index (χ0v) is 22.3. The molecule has 0 unspecified atom stereocenters. The Hall–Kier alpha value is -3.02. The maximum absolute atomic E-state index is 13.8. The molecule has 0 aromatic carbocycles. The molecule has 0 bridgehead atoms. The van der Waals surface area contributed by atoms with E-state index in [0.29, 0.717) is 38.2 Å². The van der Waals surface area contributed by atoms with Crippen molar-refractivity contribution in [2.75, 3.05) is 18.4 Å². The summed E-state index contributed by atoms with van der Waals surface area (Å²) in [6, 6.07) is 1.61. The highest BCUT2D eigenvalue weighted by Crippen LogP contribution is 2.42. The number of carbonyl (C=O) groups excluding carboxylic acids is 2. The SMILES string of the molecule is NC1CN(C(=O)[C@H]2CCc3c(sc4ncnc(Nc5cc(Cl)c6n(c5=O)C5(CCCCC5)NC6=O)c34)C2)C1. The van der Waals surface area contributed by atoms with E-state index < -0.39 is 5.66 Å². The number of fused-ring (bicyclic) bond motifs is 5. The highest BCUT2D eigenvalue weighted by molar-refractivity contribution is 7.19. The fourth-order valence-corrected chi connectivity index (χ4v) is 8.15. The number of halogens is 1. The van der Waals surface area contributed by atoms with Gasteiger partial charge in [0, 0.05) is 29.9 Å². The third-order valence-electron chi connectivity index (χ3n) is 8.49. The molecule has 2 aliphatic carbocycles. The van der Waals surface area contributed by atoms with E-state index in [1.54, 1.807) is 15.9 Å². The van der Waals surface area contributed by atoms with Crippen molar-refractivity contribution in [3.8, 4) is 0 Å². The molecular formula is C26H28ClN7O3S. The van der Waals surface area contributed by atoms with Crippen LogP contribution in [0.5, 0.6) is 0 Å². The van der Waals surface area contributed by atoms with Crippen LogP contribution < -0.4 is 21.9 Å². The van der Waals surface area contributed by atoms with Gasteiger partial charge in [0.2, 0.25) is 5.91 Å². The first-order valence-corrected chi connectivity index (χ1v) is 14.4. The fourth-order valence-electron chi connectivity index (χ4n) is 6.60. The molecule has 2 aliphatic heterocycles. The van der Waals surface area contributed by atoms with E-state index in [1.165, 1.54) is 12.4 Å². The number of thiophene rings is 1. The first-order valence-electron chi connectivity index (χ1n) is 13.2. The van der Waals surface area contributed by atoms with Gasteiger partial charge in [-0.25, -0.2) is 9.97 Å². The van der Waals surface area contributed by atoms with Crippen LogP contribution in [0.2, 0.25) is 5.02 Å². The summed E-state index contributed by atoms with van der Waals surface area (Å²) >= 11 is 8.16. The number of anilines is 2. The summed E-state index contributed by atoms with van der Waals surface area (Å²) < 4.78 is 1.57. The van der Waals surface area contributed by atoms with Crippen molar-refractivity contribution < 1.29 is 9.59 Å². The molecule has 4 N–H and O–H groups in total. The van der Waals surface area contributed by atoms with Crippen molar-refractivity contribution >= 4 is 56.5 Å². The molecule has 1 spiro atoms. The number of aryl methyl sites for hydroxylation is 1. The van der Waals surface area contributed by atoms with E-state index >= 15 is 0 Å². The average Bonchev–Trinajstić information content (AvgIpc) is 3.40. The number of hydrogen-bond donors (Lipinski definition) is 3. The van der Waals surface area contributed by atoms with E-state index in [2.05, 4.69) is 20.6 Å². The second kappa shape index (κ2) is 8.75. The summed E-state index contributed by atoms with van der Waals surface area (Å²) in [5, 5.41) is 7.41. The summed E-state index contributed by atoms with van der Waals surface area (Å²) in [5.41, 5.74) is 6.49. The van der Waals surface area contributed by atoms with Crippen LogP contribution in [0.3, 0.4) is 0 Å². The first kappa shape index (κ1) is 24.1. The van der Waals surface area contributed by atoms with Crippen LogP contribution in [0.25, 0.3) is 10.2 Å². The standard InChI is InChI=1S/C26H28ClN7O3S/c27-16-9-17(25(37)34-20(16)22(35)32-26(34)6-2-1-3-7-26)31-21-19-15-5-4-13(24(36)33-10-14(28)11-33)8-18(15)38-23(19)30-12-29-21/h9,12-14H,1-8,10-11,28H2,(H,32,35)(H,29,30,31)/t13-/m0/s1. The normalized spacial score (nSPS) is 22.2. The number of nitrogens with two attached hydrogens (primary N) is 1. The van der Waals surface area contributed by atoms with Gasteiger partial charge in [-0.15, -0.1) is 11.3 Å². The second-order valence-electron chi connectivity index (χ2n) is 10.9. The Morgan fingerprint density at radius 2 is 2.00 bits per heavy atom. The van der Waals surface area contributed by atoms with Crippen molar-refractivity contribution in [1.29, 1.82) is 0 Å². The molecule has 4 aliphatic rings. The van der Waals surface area contributed by atoms with Crippen molar-refractivity contribution in [3.05, 3.63) is 43.9 Å². The van der Waals surface area contributed by atoms with Crippen LogP contribution in [0, 0.1) is 5.92 Å². The van der Waals surface area contributed by atoms with E-state index in [-0.39, 0.29) is 45.7 Å². The molecular weight excluding hydrogens is 526 g/mol. The number of hydrogen-bond acceptors (Lipinski definition) is 8. The predicted octanol–water partition coefficient (Wildman–Crippen LogP) is 2.88. The molecule has 12 heteroatoms. The molecule has 1 saturated carbocycles. The number of pyridine rings is 1. The molecule has 5 heterocycles.